The van der Waals surface area contributed by atoms with E-state index in [1.807, 2.05) is 37.3 Å². The molecule has 0 aliphatic carbocycles. The van der Waals surface area contributed by atoms with Crippen molar-refractivity contribution in [1.82, 2.24) is 5.32 Å². The molecule has 1 atom stereocenters. The van der Waals surface area contributed by atoms with Crippen LogP contribution in [0.4, 0.5) is 10.1 Å². The first-order valence-corrected chi connectivity index (χ1v) is 13.6. The van der Waals surface area contributed by atoms with E-state index >= 15 is 0 Å². The Morgan fingerprint density at radius 2 is 1.53 bits per heavy atom. The highest BCUT2D eigenvalue weighted by Crippen LogP contribution is 2.28. The molecule has 6 nitrogen and oxygen atoms in total. The number of rotatable bonds is 10. The fourth-order valence-electron chi connectivity index (χ4n) is 3.88. The molecule has 0 saturated carbocycles. The van der Waals surface area contributed by atoms with Crippen LogP contribution in [0.2, 0.25) is 0 Å². The van der Waals surface area contributed by atoms with Gasteiger partial charge in [-0.1, -0.05) is 60.2 Å². The first kappa shape index (κ1) is 26.9. The van der Waals surface area contributed by atoms with Crippen LogP contribution in [-0.2, 0) is 21.4 Å². The van der Waals surface area contributed by atoms with E-state index in [1.165, 1.54) is 16.4 Å². The first-order chi connectivity index (χ1) is 18.2. The van der Waals surface area contributed by atoms with E-state index in [0.717, 1.165) is 16.7 Å². The molecule has 8 heteroatoms. The fraction of sp³-hybridized carbons (Fsp3) is 0.167. The fourth-order valence-corrected chi connectivity index (χ4v) is 5.33. The maximum atomic E-state index is 13.6. The maximum Gasteiger partial charge on any atom is 0.264 e. The van der Waals surface area contributed by atoms with Gasteiger partial charge in [-0.25, -0.2) is 12.8 Å². The van der Waals surface area contributed by atoms with E-state index in [0.29, 0.717) is 11.4 Å². The van der Waals surface area contributed by atoms with Gasteiger partial charge in [0.2, 0.25) is 0 Å². The van der Waals surface area contributed by atoms with E-state index in [9.17, 15) is 17.6 Å². The smallest absolute Gasteiger partial charge is 0.264 e. The van der Waals surface area contributed by atoms with Gasteiger partial charge < -0.3 is 10.1 Å². The summed E-state index contributed by atoms with van der Waals surface area (Å²) in [6.07, 6.45) is 0. The second-order valence-electron chi connectivity index (χ2n) is 8.93. The van der Waals surface area contributed by atoms with Gasteiger partial charge in [-0.05, 0) is 73.5 Å². The predicted octanol–water partition coefficient (Wildman–Crippen LogP) is 5.79. The van der Waals surface area contributed by atoms with Gasteiger partial charge in [0.05, 0.1) is 23.2 Å². The Morgan fingerprint density at radius 1 is 0.895 bits per heavy atom. The number of hydrogen-bond donors (Lipinski definition) is 1. The minimum atomic E-state index is -3.85. The molecule has 0 bridgehead atoms. The molecule has 4 rings (SSSR count). The highest BCUT2D eigenvalue weighted by atomic mass is 32.2. The summed E-state index contributed by atoms with van der Waals surface area (Å²) in [5.74, 6) is -0.252. The van der Waals surface area contributed by atoms with E-state index in [2.05, 4.69) is 5.32 Å². The standard InChI is InChI=1S/C30H29FN2O4S/c1-22-8-18-29(19-9-22)38(35,36)33(20-24-6-4-3-5-7-24)27-14-16-28(17-15-27)37-21-30(34)32-23(2)25-10-12-26(31)13-11-25/h3-19,23H,20-21H2,1-2H3,(H,32,34)/t23-/m1/s1. The lowest BCUT2D eigenvalue weighted by Crippen LogP contribution is -2.31. The molecule has 0 aromatic heterocycles. The molecule has 0 saturated heterocycles. The second kappa shape index (κ2) is 11.9. The minimum absolute atomic E-state index is 0.154. The van der Waals surface area contributed by atoms with Crippen molar-refractivity contribution in [2.45, 2.75) is 31.3 Å². The first-order valence-electron chi connectivity index (χ1n) is 12.1. The molecular weight excluding hydrogens is 503 g/mol. The van der Waals surface area contributed by atoms with Gasteiger partial charge in [0.25, 0.3) is 15.9 Å². The zero-order valence-corrected chi connectivity index (χ0v) is 22.0. The average Bonchev–Trinajstić information content (AvgIpc) is 2.92. The lowest BCUT2D eigenvalue weighted by atomic mass is 10.1. The van der Waals surface area contributed by atoms with Crippen LogP contribution in [-0.4, -0.2) is 20.9 Å². The van der Waals surface area contributed by atoms with Gasteiger partial charge in [0.1, 0.15) is 11.6 Å². The van der Waals surface area contributed by atoms with E-state index in [-0.39, 0.29) is 35.8 Å². The number of hydrogen-bond acceptors (Lipinski definition) is 4. The Balaban J connectivity index is 1.47. The lowest BCUT2D eigenvalue weighted by Gasteiger charge is -2.25. The molecule has 0 radical (unpaired) electrons. The van der Waals surface area contributed by atoms with Crippen molar-refractivity contribution in [1.29, 1.82) is 0 Å². The average molecular weight is 533 g/mol. The largest absolute Gasteiger partial charge is 0.484 e. The lowest BCUT2D eigenvalue weighted by molar-refractivity contribution is -0.123. The molecular formula is C30H29FN2O4S. The number of anilines is 1. The number of ether oxygens (including phenoxy) is 1. The summed E-state index contributed by atoms with van der Waals surface area (Å²) in [6, 6.07) is 28.3. The Kier molecular flexibility index (Phi) is 8.43. The SMILES string of the molecule is Cc1ccc(S(=O)(=O)N(Cc2ccccc2)c2ccc(OCC(=O)N[C@H](C)c3ccc(F)cc3)cc2)cc1. The Morgan fingerprint density at radius 3 is 2.16 bits per heavy atom. The van der Waals surface area contributed by atoms with Crippen molar-refractivity contribution in [3.05, 3.63) is 126 Å². The minimum Gasteiger partial charge on any atom is -0.484 e. The van der Waals surface area contributed by atoms with Crippen molar-refractivity contribution in [3.63, 3.8) is 0 Å². The van der Waals surface area contributed by atoms with Crippen molar-refractivity contribution >= 4 is 21.6 Å². The second-order valence-corrected chi connectivity index (χ2v) is 10.8. The molecule has 0 unspecified atom stereocenters. The molecule has 4 aromatic carbocycles. The molecule has 38 heavy (non-hydrogen) atoms. The number of sulfonamides is 1. The highest BCUT2D eigenvalue weighted by molar-refractivity contribution is 7.92. The summed E-state index contributed by atoms with van der Waals surface area (Å²) >= 11 is 0. The summed E-state index contributed by atoms with van der Waals surface area (Å²) in [5, 5.41) is 2.81. The van der Waals surface area contributed by atoms with Gasteiger partial charge in [0, 0.05) is 0 Å². The van der Waals surface area contributed by atoms with Crippen LogP contribution in [0.1, 0.15) is 29.7 Å². The van der Waals surface area contributed by atoms with Crippen molar-refractivity contribution in [3.8, 4) is 5.75 Å². The number of amides is 1. The molecule has 0 heterocycles. The molecule has 0 aliphatic heterocycles. The summed E-state index contributed by atoms with van der Waals surface area (Å²) < 4.78 is 47.3. The molecule has 4 aromatic rings. The van der Waals surface area contributed by atoms with E-state index in [4.69, 9.17) is 4.74 Å². The zero-order chi connectivity index (χ0) is 27.1. The third-order valence-electron chi connectivity index (χ3n) is 6.02. The van der Waals surface area contributed by atoms with Crippen LogP contribution in [0.5, 0.6) is 5.75 Å². The van der Waals surface area contributed by atoms with Crippen LogP contribution >= 0.6 is 0 Å². The number of aryl methyl sites for hydroxylation is 1. The number of nitrogens with one attached hydrogen (secondary N) is 1. The Bertz CT molecular complexity index is 1460. The third kappa shape index (κ3) is 6.77. The van der Waals surface area contributed by atoms with Crippen LogP contribution in [0.15, 0.2) is 108 Å². The van der Waals surface area contributed by atoms with Gasteiger partial charge in [0.15, 0.2) is 6.61 Å². The summed E-state index contributed by atoms with van der Waals surface area (Å²) in [6.45, 7) is 3.64. The van der Waals surface area contributed by atoms with E-state index < -0.39 is 10.0 Å². The predicted molar refractivity (Wildman–Crippen MR) is 146 cm³/mol. The molecule has 1 N–H and O–H groups in total. The van der Waals surface area contributed by atoms with Crippen LogP contribution in [0.3, 0.4) is 0 Å². The Hall–Kier alpha value is -4.17. The van der Waals surface area contributed by atoms with Gasteiger partial charge in [-0.15, -0.1) is 0 Å². The van der Waals surface area contributed by atoms with Crippen LogP contribution < -0.4 is 14.4 Å². The molecule has 196 valence electrons. The monoisotopic (exact) mass is 532 g/mol. The number of nitrogens with zero attached hydrogens (tertiary/aromatic N) is 1. The topological polar surface area (TPSA) is 75.7 Å². The van der Waals surface area contributed by atoms with Gasteiger partial charge >= 0.3 is 0 Å². The normalized spacial score (nSPS) is 12.0. The van der Waals surface area contributed by atoms with Crippen molar-refractivity contribution in [2.75, 3.05) is 10.9 Å². The van der Waals surface area contributed by atoms with Crippen molar-refractivity contribution < 1.29 is 22.3 Å². The molecule has 0 aliphatic rings. The zero-order valence-electron chi connectivity index (χ0n) is 21.2. The van der Waals surface area contributed by atoms with Crippen molar-refractivity contribution in [2.24, 2.45) is 0 Å². The molecule has 1 amide bonds. The van der Waals surface area contributed by atoms with E-state index in [1.54, 1.807) is 67.6 Å². The van der Waals surface area contributed by atoms with Crippen LogP contribution in [0.25, 0.3) is 0 Å². The number of carbonyl (C=O) groups is 1. The van der Waals surface area contributed by atoms with Gasteiger partial charge in [-0.3, -0.25) is 9.10 Å². The van der Waals surface area contributed by atoms with Crippen LogP contribution in [0, 0.1) is 12.7 Å². The number of benzene rings is 4. The summed E-state index contributed by atoms with van der Waals surface area (Å²) in [5.41, 5.74) is 3.06. The summed E-state index contributed by atoms with van der Waals surface area (Å²) in [4.78, 5) is 12.6. The third-order valence-corrected chi connectivity index (χ3v) is 7.81. The highest BCUT2D eigenvalue weighted by Gasteiger charge is 2.25. The quantitative estimate of drug-likeness (QED) is 0.281. The summed E-state index contributed by atoms with van der Waals surface area (Å²) in [7, 11) is -3.85. The van der Waals surface area contributed by atoms with Gasteiger partial charge in [-0.2, -0.15) is 0 Å². The number of carbonyl (C=O) groups excluding carboxylic acids is 1. The number of halogens is 1. The molecule has 0 spiro atoms. The Labute approximate surface area is 222 Å². The molecule has 0 fully saturated rings. The maximum absolute atomic E-state index is 13.6.